The third-order valence-electron chi connectivity index (χ3n) is 5.47. The molecule has 0 atom stereocenters. The number of carbonyl (C=O) groups is 1. The van der Waals surface area contributed by atoms with Crippen molar-refractivity contribution in [2.75, 3.05) is 0 Å². The van der Waals surface area contributed by atoms with Crippen LogP contribution in [0.2, 0.25) is 0 Å². The maximum absolute atomic E-state index is 13.3. The number of pyridine rings is 2. The van der Waals surface area contributed by atoms with Crippen LogP contribution in [-0.2, 0) is 26.7 Å². The largest absolute Gasteiger partial charge is 0.352 e. The molecule has 0 saturated carbocycles. The predicted molar refractivity (Wildman–Crippen MR) is 113 cm³/mol. The van der Waals surface area contributed by atoms with Crippen LogP contribution in [0.1, 0.15) is 32.7 Å². The Morgan fingerprint density at radius 1 is 1.13 bits per heavy atom. The summed E-state index contributed by atoms with van der Waals surface area (Å²) in [7, 11) is 2.01. The first-order valence-electron chi connectivity index (χ1n) is 9.89. The molecule has 0 spiro atoms. The Bertz CT molecular complexity index is 1220. The minimum atomic E-state index is -0.0220. The van der Waals surface area contributed by atoms with Crippen molar-refractivity contribution < 1.29 is 4.79 Å². The average Bonchev–Trinajstić information content (AvgIpc) is 3.26. The summed E-state index contributed by atoms with van der Waals surface area (Å²) in [6, 6.07) is 7.93. The molecule has 5 heterocycles. The number of rotatable bonds is 3. The lowest BCUT2D eigenvalue weighted by atomic mass is 10.1. The van der Waals surface area contributed by atoms with E-state index in [1.165, 1.54) is 0 Å². The van der Waals surface area contributed by atoms with E-state index in [0.29, 0.717) is 25.2 Å². The summed E-state index contributed by atoms with van der Waals surface area (Å²) < 4.78 is 4.00. The van der Waals surface area contributed by atoms with Gasteiger partial charge in [-0.15, -0.1) is 0 Å². The molecule has 4 aromatic rings. The van der Waals surface area contributed by atoms with E-state index < -0.39 is 0 Å². The zero-order chi connectivity index (χ0) is 20.7. The van der Waals surface area contributed by atoms with Gasteiger partial charge in [-0.05, 0) is 36.2 Å². The second-order valence-electron chi connectivity index (χ2n) is 7.76. The van der Waals surface area contributed by atoms with Crippen LogP contribution in [0, 0.1) is 6.92 Å². The smallest absolute Gasteiger partial charge is 0.256 e. The maximum Gasteiger partial charge on any atom is 0.256 e. The Balaban J connectivity index is 1.53. The number of carbonyl (C=O) groups excluding carboxylic acids is 1. The summed E-state index contributed by atoms with van der Waals surface area (Å²) in [6.45, 7) is 3.62. The van der Waals surface area contributed by atoms with Gasteiger partial charge in [0.05, 0.1) is 30.9 Å². The lowest BCUT2D eigenvalue weighted by Crippen LogP contribution is -2.30. The van der Waals surface area contributed by atoms with Crippen LogP contribution in [0.5, 0.6) is 0 Å². The summed E-state index contributed by atoms with van der Waals surface area (Å²) in [5.41, 5.74) is 6.80. The highest BCUT2D eigenvalue weighted by molar-refractivity contribution is 5.94. The molecule has 150 valence electrons. The van der Waals surface area contributed by atoms with E-state index in [4.69, 9.17) is 5.10 Å². The molecule has 30 heavy (non-hydrogen) atoms. The summed E-state index contributed by atoms with van der Waals surface area (Å²) in [6.07, 6.45) is 11.1. The van der Waals surface area contributed by atoms with Crippen molar-refractivity contribution in [2.45, 2.75) is 26.6 Å². The highest BCUT2D eigenvalue weighted by atomic mass is 16.2. The van der Waals surface area contributed by atoms with Crippen molar-refractivity contribution in [2.24, 2.45) is 7.05 Å². The van der Waals surface area contributed by atoms with Crippen LogP contribution in [0.15, 0.2) is 61.4 Å². The predicted octanol–water partition coefficient (Wildman–Crippen LogP) is 3.19. The van der Waals surface area contributed by atoms with Gasteiger partial charge >= 0.3 is 0 Å². The molecule has 4 aromatic heterocycles. The van der Waals surface area contributed by atoms with Gasteiger partial charge in [0.25, 0.3) is 5.91 Å². The van der Waals surface area contributed by atoms with Gasteiger partial charge < -0.3 is 9.47 Å². The Morgan fingerprint density at radius 3 is 2.83 bits per heavy atom. The van der Waals surface area contributed by atoms with Gasteiger partial charge in [0.2, 0.25) is 0 Å². The first-order chi connectivity index (χ1) is 14.6. The fraction of sp³-hybridized carbons (Fsp3) is 0.217. The monoisotopic (exact) mass is 398 g/mol. The molecule has 0 aliphatic carbocycles. The zero-order valence-corrected chi connectivity index (χ0v) is 17.0. The van der Waals surface area contributed by atoms with Crippen LogP contribution in [0.4, 0.5) is 0 Å². The molecule has 7 heteroatoms. The maximum atomic E-state index is 13.3. The third-order valence-corrected chi connectivity index (χ3v) is 5.47. The lowest BCUT2D eigenvalue weighted by Gasteiger charge is -2.21. The normalized spacial score (nSPS) is 12.9. The van der Waals surface area contributed by atoms with E-state index in [1.807, 2.05) is 60.3 Å². The average molecular weight is 398 g/mol. The SMILES string of the molecule is Cc1cncc(C(=O)N2Cc3cn(Cc4cccnc4)nc3-c3ccn(C)c3C2)c1. The minimum absolute atomic E-state index is 0.0220. The molecule has 0 aromatic carbocycles. The van der Waals surface area contributed by atoms with Crippen LogP contribution in [-0.4, -0.2) is 35.1 Å². The van der Waals surface area contributed by atoms with Crippen LogP contribution >= 0.6 is 0 Å². The number of fused-ring (bicyclic) bond motifs is 3. The molecule has 1 aliphatic heterocycles. The van der Waals surface area contributed by atoms with Crippen molar-refractivity contribution in [1.82, 2.24) is 29.2 Å². The molecular weight excluding hydrogens is 376 g/mol. The zero-order valence-electron chi connectivity index (χ0n) is 17.0. The molecular formula is C23H22N6O. The van der Waals surface area contributed by atoms with E-state index in [-0.39, 0.29) is 5.91 Å². The summed E-state index contributed by atoms with van der Waals surface area (Å²) in [5, 5.41) is 4.87. The number of aryl methyl sites for hydroxylation is 2. The molecule has 0 bridgehead atoms. The third kappa shape index (κ3) is 3.28. The molecule has 1 amide bonds. The van der Waals surface area contributed by atoms with E-state index in [1.54, 1.807) is 18.6 Å². The van der Waals surface area contributed by atoms with E-state index in [9.17, 15) is 4.79 Å². The Labute approximate surface area is 174 Å². The highest BCUT2D eigenvalue weighted by Gasteiger charge is 2.28. The quantitative estimate of drug-likeness (QED) is 0.531. The van der Waals surface area contributed by atoms with Crippen LogP contribution < -0.4 is 0 Å². The van der Waals surface area contributed by atoms with Crippen LogP contribution in [0.25, 0.3) is 11.3 Å². The van der Waals surface area contributed by atoms with E-state index in [0.717, 1.165) is 33.6 Å². The molecule has 0 radical (unpaired) electrons. The van der Waals surface area contributed by atoms with Gasteiger partial charge in [0.1, 0.15) is 0 Å². The standard InChI is InChI=1S/C23H22N6O/c1-16-8-18(11-25-9-16)23(30)28-13-19-14-29(12-17-4-3-6-24-10-17)26-22(19)20-5-7-27(2)21(20)15-28/h3-11,14H,12-13,15H2,1-2H3. The van der Waals surface area contributed by atoms with Crippen molar-refractivity contribution in [3.63, 3.8) is 0 Å². The van der Waals surface area contributed by atoms with Gasteiger partial charge in [-0.3, -0.25) is 19.4 Å². The highest BCUT2D eigenvalue weighted by Crippen LogP contribution is 2.33. The molecule has 1 aliphatic rings. The fourth-order valence-corrected chi connectivity index (χ4v) is 3.98. The summed E-state index contributed by atoms with van der Waals surface area (Å²) in [5.74, 6) is -0.0220. The van der Waals surface area contributed by atoms with Gasteiger partial charge in [-0.2, -0.15) is 5.10 Å². The number of hydrogen-bond acceptors (Lipinski definition) is 4. The summed E-state index contributed by atoms with van der Waals surface area (Å²) in [4.78, 5) is 23.6. The minimum Gasteiger partial charge on any atom is -0.352 e. The number of hydrogen-bond donors (Lipinski definition) is 0. The van der Waals surface area contributed by atoms with Gasteiger partial charge in [0.15, 0.2) is 0 Å². The van der Waals surface area contributed by atoms with Crippen molar-refractivity contribution in [3.8, 4) is 11.3 Å². The second kappa shape index (κ2) is 7.26. The molecule has 0 saturated heterocycles. The number of aromatic nitrogens is 5. The lowest BCUT2D eigenvalue weighted by molar-refractivity contribution is 0.0728. The Morgan fingerprint density at radius 2 is 2.03 bits per heavy atom. The molecule has 0 fully saturated rings. The van der Waals surface area contributed by atoms with Crippen molar-refractivity contribution >= 4 is 5.91 Å². The van der Waals surface area contributed by atoms with Crippen molar-refractivity contribution in [3.05, 3.63) is 89.4 Å². The molecule has 5 rings (SSSR count). The van der Waals surface area contributed by atoms with Crippen molar-refractivity contribution in [1.29, 1.82) is 0 Å². The number of nitrogens with zero attached hydrogens (tertiary/aromatic N) is 6. The Hall–Kier alpha value is -3.74. The summed E-state index contributed by atoms with van der Waals surface area (Å²) >= 11 is 0. The van der Waals surface area contributed by atoms with Gasteiger partial charge in [-0.1, -0.05) is 6.07 Å². The van der Waals surface area contributed by atoms with Gasteiger partial charge in [-0.25, -0.2) is 0 Å². The van der Waals surface area contributed by atoms with E-state index in [2.05, 4.69) is 20.6 Å². The topological polar surface area (TPSA) is 68.8 Å². The fourth-order valence-electron chi connectivity index (χ4n) is 3.98. The Kier molecular flexibility index (Phi) is 4.43. The molecule has 0 unspecified atom stereocenters. The van der Waals surface area contributed by atoms with Gasteiger partial charge in [0, 0.05) is 61.0 Å². The van der Waals surface area contributed by atoms with E-state index >= 15 is 0 Å². The first kappa shape index (κ1) is 18.3. The first-order valence-corrected chi connectivity index (χ1v) is 9.89. The second-order valence-corrected chi connectivity index (χ2v) is 7.76. The molecule has 0 N–H and O–H groups in total. The molecule has 7 nitrogen and oxygen atoms in total. The number of amides is 1. The van der Waals surface area contributed by atoms with Crippen LogP contribution in [0.3, 0.4) is 0 Å².